The van der Waals surface area contributed by atoms with Crippen LogP contribution >= 0.6 is 0 Å². The highest BCUT2D eigenvalue weighted by Gasteiger charge is 2.56. The number of ether oxygens (including phenoxy) is 1. The molecule has 0 spiro atoms. The standard InChI is InChI=1S/C11H14FNO3/c1-2-16-10(15)11-4-3-9(14)13(11)7-8(5-11)6-12/h6H,2-5,7H2,1H3/t11-/m0/s1. The molecule has 0 aromatic heterocycles. The maximum atomic E-state index is 12.5. The molecule has 1 amide bonds. The molecule has 0 N–H and O–H groups in total. The molecular weight excluding hydrogens is 213 g/mol. The summed E-state index contributed by atoms with van der Waals surface area (Å²) in [7, 11) is 0. The molecule has 0 unspecified atom stereocenters. The number of carbonyl (C=O) groups is 2. The van der Waals surface area contributed by atoms with Gasteiger partial charge in [0.05, 0.1) is 12.9 Å². The number of rotatable bonds is 2. The third-order valence-corrected chi connectivity index (χ3v) is 3.26. The Kier molecular flexibility index (Phi) is 2.69. The molecule has 2 fully saturated rings. The summed E-state index contributed by atoms with van der Waals surface area (Å²) in [5.74, 6) is -0.498. The summed E-state index contributed by atoms with van der Waals surface area (Å²) in [6, 6.07) is 0. The molecule has 0 radical (unpaired) electrons. The Morgan fingerprint density at radius 1 is 1.69 bits per heavy atom. The number of hydrogen-bond donors (Lipinski definition) is 0. The number of halogens is 1. The molecule has 0 aliphatic carbocycles. The summed E-state index contributed by atoms with van der Waals surface area (Å²) in [5, 5.41) is 0. The zero-order valence-corrected chi connectivity index (χ0v) is 9.16. The van der Waals surface area contributed by atoms with Crippen molar-refractivity contribution in [3.63, 3.8) is 0 Å². The van der Waals surface area contributed by atoms with Crippen LogP contribution in [0.15, 0.2) is 11.9 Å². The molecule has 16 heavy (non-hydrogen) atoms. The van der Waals surface area contributed by atoms with E-state index < -0.39 is 11.5 Å². The van der Waals surface area contributed by atoms with Crippen LogP contribution < -0.4 is 0 Å². The van der Waals surface area contributed by atoms with Crippen molar-refractivity contribution in [1.82, 2.24) is 4.90 Å². The number of esters is 1. The number of carbonyl (C=O) groups excluding carboxylic acids is 2. The summed E-state index contributed by atoms with van der Waals surface area (Å²) in [4.78, 5) is 24.9. The normalized spacial score (nSPS) is 31.0. The first-order valence-corrected chi connectivity index (χ1v) is 5.40. The van der Waals surface area contributed by atoms with Crippen LogP contribution in [0.25, 0.3) is 0 Å². The SMILES string of the molecule is CCOC(=O)[C@@]12CCC(=O)N1CC(=CF)C2. The van der Waals surface area contributed by atoms with Crippen LogP contribution in [0.5, 0.6) is 0 Å². The van der Waals surface area contributed by atoms with Crippen molar-refractivity contribution < 1.29 is 18.7 Å². The van der Waals surface area contributed by atoms with E-state index in [0.717, 1.165) is 0 Å². The number of nitrogens with zero attached hydrogens (tertiary/aromatic N) is 1. The number of amides is 1. The Balaban J connectivity index is 2.29. The summed E-state index contributed by atoms with van der Waals surface area (Å²) in [5.41, 5.74) is -0.438. The van der Waals surface area contributed by atoms with Gasteiger partial charge in [-0.2, -0.15) is 0 Å². The second-order valence-corrected chi connectivity index (χ2v) is 4.18. The minimum atomic E-state index is -0.926. The summed E-state index contributed by atoms with van der Waals surface area (Å²) in [6.45, 7) is 2.21. The van der Waals surface area contributed by atoms with Crippen LogP contribution in [-0.4, -0.2) is 35.5 Å². The summed E-state index contributed by atoms with van der Waals surface area (Å²) >= 11 is 0. The van der Waals surface area contributed by atoms with E-state index in [1.54, 1.807) is 6.92 Å². The lowest BCUT2D eigenvalue weighted by Crippen LogP contribution is -2.48. The van der Waals surface area contributed by atoms with E-state index in [1.807, 2.05) is 0 Å². The first-order valence-electron chi connectivity index (χ1n) is 5.40. The highest BCUT2D eigenvalue weighted by atomic mass is 19.1. The van der Waals surface area contributed by atoms with Crippen molar-refractivity contribution in [3.8, 4) is 0 Å². The Bertz CT molecular complexity index is 366. The zero-order chi connectivity index (χ0) is 11.8. The first-order chi connectivity index (χ1) is 7.64. The van der Waals surface area contributed by atoms with Gasteiger partial charge in [-0.25, -0.2) is 9.18 Å². The van der Waals surface area contributed by atoms with E-state index in [-0.39, 0.29) is 25.5 Å². The quantitative estimate of drug-likeness (QED) is 0.665. The minimum Gasteiger partial charge on any atom is -0.464 e. The zero-order valence-electron chi connectivity index (χ0n) is 9.16. The molecule has 4 nitrogen and oxygen atoms in total. The fourth-order valence-corrected chi connectivity index (χ4v) is 2.50. The average Bonchev–Trinajstić information content (AvgIpc) is 2.78. The van der Waals surface area contributed by atoms with E-state index in [1.165, 1.54) is 4.90 Å². The highest BCUT2D eigenvalue weighted by Crippen LogP contribution is 2.42. The fraction of sp³-hybridized carbons (Fsp3) is 0.636. The molecule has 2 aliphatic heterocycles. The largest absolute Gasteiger partial charge is 0.464 e. The van der Waals surface area contributed by atoms with Gasteiger partial charge in [-0.3, -0.25) is 4.79 Å². The van der Waals surface area contributed by atoms with Gasteiger partial charge < -0.3 is 9.64 Å². The van der Waals surface area contributed by atoms with Gasteiger partial charge in [0.25, 0.3) is 0 Å². The van der Waals surface area contributed by atoms with Gasteiger partial charge in [0.15, 0.2) is 0 Å². The van der Waals surface area contributed by atoms with Gasteiger partial charge in [0, 0.05) is 19.4 Å². The molecule has 1 atom stereocenters. The van der Waals surface area contributed by atoms with Gasteiger partial charge in [-0.1, -0.05) is 0 Å². The first kappa shape index (κ1) is 11.1. The Labute approximate surface area is 93.0 Å². The molecule has 0 saturated carbocycles. The molecular formula is C11H14FNO3. The molecule has 2 saturated heterocycles. The Hall–Kier alpha value is -1.39. The van der Waals surface area contributed by atoms with E-state index in [2.05, 4.69) is 0 Å². The van der Waals surface area contributed by atoms with E-state index >= 15 is 0 Å². The van der Waals surface area contributed by atoms with Gasteiger partial charge >= 0.3 is 5.97 Å². The monoisotopic (exact) mass is 227 g/mol. The Morgan fingerprint density at radius 3 is 3.06 bits per heavy atom. The van der Waals surface area contributed by atoms with Crippen molar-refractivity contribution in [3.05, 3.63) is 11.9 Å². The molecule has 0 aromatic rings. The molecule has 5 heteroatoms. The molecule has 2 aliphatic rings. The molecule has 0 bridgehead atoms. The predicted octanol–water partition coefficient (Wildman–Crippen LogP) is 1.17. The summed E-state index contributed by atoms with van der Waals surface area (Å²) in [6.07, 6.45) is 1.54. The van der Waals surface area contributed by atoms with Crippen molar-refractivity contribution in [1.29, 1.82) is 0 Å². The van der Waals surface area contributed by atoms with E-state index in [9.17, 15) is 14.0 Å². The third kappa shape index (κ3) is 1.42. The topological polar surface area (TPSA) is 46.6 Å². The Morgan fingerprint density at radius 2 is 2.44 bits per heavy atom. The second-order valence-electron chi connectivity index (χ2n) is 4.18. The fourth-order valence-electron chi connectivity index (χ4n) is 2.50. The molecule has 2 heterocycles. The smallest absolute Gasteiger partial charge is 0.332 e. The second kappa shape index (κ2) is 3.88. The predicted molar refractivity (Wildman–Crippen MR) is 54.1 cm³/mol. The van der Waals surface area contributed by atoms with Crippen molar-refractivity contribution in [2.24, 2.45) is 0 Å². The van der Waals surface area contributed by atoms with Gasteiger partial charge in [-0.15, -0.1) is 0 Å². The van der Waals surface area contributed by atoms with Gasteiger partial charge in [0.2, 0.25) is 5.91 Å². The van der Waals surface area contributed by atoms with E-state index in [0.29, 0.717) is 24.7 Å². The number of hydrogen-bond acceptors (Lipinski definition) is 3. The third-order valence-electron chi connectivity index (χ3n) is 3.26. The van der Waals surface area contributed by atoms with Crippen LogP contribution in [0.4, 0.5) is 4.39 Å². The van der Waals surface area contributed by atoms with Crippen LogP contribution in [0.2, 0.25) is 0 Å². The molecule has 0 aromatic carbocycles. The minimum absolute atomic E-state index is 0.0927. The maximum Gasteiger partial charge on any atom is 0.332 e. The highest BCUT2D eigenvalue weighted by molar-refractivity contribution is 5.93. The maximum absolute atomic E-state index is 12.5. The van der Waals surface area contributed by atoms with E-state index in [4.69, 9.17) is 4.74 Å². The lowest BCUT2D eigenvalue weighted by Gasteiger charge is -2.28. The molecule has 88 valence electrons. The number of fused-ring (bicyclic) bond motifs is 1. The van der Waals surface area contributed by atoms with Crippen molar-refractivity contribution in [2.75, 3.05) is 13.2 Å². The van der Waals surface area contributed by atoms with Crippen LogP contribution in [0.3, 0.4) is 0 Å². The lowest BCUT2D eigenvalue weighted by molar-refractivity contribution is -0.157. The van der Waals surface area contributed by atoms with Crippen LogP contribution in [0.1, 0.15) is 26.2 Å². The summed E-state index contributed by atoms with van der Waals surface area (Å²) < 4.78 is 17.5. The molecule has 2 rings (SSSR count). The van der Waals surface area contributed by atoms with Gasteiger partial charge in [0.1, 0.15) is 5.54 Å². The average molecular weight is 227 g/mol. The lowest BCUT2D eigenvalue weighted by atomic mass is 9.93. The van der Waals surface area contributed by atoms with Crippen LogP contribution in [0, 0.1) is 0 Å². The van der Waals surface area contributed by atoms with Crippen molar-refractivity contribution in [2.45, 2.75) is 31.7 Å². The van der Waals surface area contributed by atoms with Crippen LogP contribution in [-0.2, 0) is 14.3 Å². The van der Waals surface area contributed by atoms with Crippen molar-refractivity contribution >= 4 is 11.9 Å². The van der Waals surface area contributed by atoms with Gasteiger partial charge in [-0.05, 0) is 18.9 Å².